The maximum absolute atomic E-state index is 12.1. The number of amides is 1. The van der Waals surface area contributed by atoms with Crippen molar-refractivity contribution in [3.63, 3.8) is 0 Å². The number of anilines is 1. The second-order valence-corrected chi connectivity index (χ2v) is 5.76. The first kappa shape index (κ1) is 15.6. The molecule has 0 radical (unpaired) electrons. The molecule has 0 aromatic heterocycles. The van der Waals surface area contributed by atoms with Gasteiger partial charge in [-0.25, -0.2) is 0 Å². The molecule has 5 nitrogen and oxygen atoms in total. The lowest BCUT2D eigenvalue weighted by molar-refractivity contribution is -0.131. The highest BCUT2D eigenvalue weighted by molar-refractivity contribution is 5.76. The Bertz CT molecular complexity index is 453. The summed E-state index contributed by atoms with van der Waals surface area (Å²) in [4.78, 5) is 16.3. The lowest BCUT2D eigenvalue weighted by Gasteiger charge is -2.36. The number of nitrogens with zero attached hydrogens (tertiary/aromatic N) is 2. The maximum Gasteiger partial charge on any atom is 0.222 e. The fourth-order valence-corrected chi connectivity index (χ4v) is 2.52. The number of hydrogen-bond donors (Lipinski definition) is 2. The van der Waals surface area contributed by atoms with E-state index in [-0.39, 0.29) is 11.7 Å². The van der Waals surface area contributed by atoms with Gasteiger partial charge in [0.05, 0.1) is 0 Å². The molecule has 1 aliphatic rings. The normalized spacial score (nSPS) is 16.9. The van der Waals surface area contributed by atoms with E-state index in [1.165, 1.54) is 0 Å². The molecule has 21 heavy (non-hydrogen) atoms. The maximum atomic E-state index is 12.1. The van der Waals surface area contributed by atoms with E-state index in [0.29, 0.717) is 18.9 Å². The summed E-state index contributed by atoms with van der Waals surface area (Å²) >= 11 is 0. The number of phenols is 1. The average molecular weight is 291 g/mol. The SMILES string of the molecule is CC(CN)CCC(=O)N1CCN(c2ccc(O)cc2)CC1. The van der Waals surface area contributed by atoms with Gasteiger partial charge in [0, 0.05) is 38.3 Å². The smallest absolute Gasteiger partial charge is 0.222 e. The number of hydrogen-bond acceptors (Lipinski definition) is 4. The van der Waals surface area contributed by atoms with Crippen LogP contribution in [0.1, 0.15) is 19.8 Å². The molecule has 1 aliphatic heterocycles. The predicted molar refractivity (Wildman–Crippen MR) is 84.4 cm³/mol. The Morgan fingerprint density at radius 3 is 2.43 bits per heavy atom. The molecule has 0 spiro atoms. The van der Waals surface area contributed by atoms with Gasteiger partial charge in [-0.1, -0.05) is 6.92 Å². The Morgan fingerprint density at radius 1 is 1.24 bits per heavy atom. The van der Waals surface area contributed by atoms with Crippen molar-refractivity contribution in [1.82, 2.24) is 4.90 Å². The van der Waals surface area contributed by atoms with Crippen LogP contribution in [0.25, 0.3) is 0 Å². The average Bonchev–Trinajstić information content (AvgIpc) is 2.53. The van der Waals surface area contributed by atoms with Crippen molar-refractivity contribution in [2.75, 3.05) is 37.6 Å². The van der Waals surface area contributed by atoms with Gasteiger partial charge in [0.25, 0.3) is 0 Å². The van der Waals surface area contributed by atoms with Crippen LogP contribution in [0.2, 0.25) is 0 Å². The van der Waals surface area contributed by atoms with E-state index < -0.39 is 0 Å². The quantitative estimate of drug-likeness (QED) is 0.861. The second-order valence-electron chi connectivity index (χ2n) is 5.76. The van der Waals surface area contributed by atoms with Gasteiger partial charge < -0.3 is 20.6 Å². The van der Waals surface area contributed by atoms with Gasteiger partial charge >= 0.3 is 0 Å². The summed E-state index contributed by atoms with van der Waals surface area (Å²) in [6, 6.07) is 7.22. The molecule has 0 saturated carbocycles. The summed E-state index contributed by atoms with van der Waals surface area (Å²) in [5.41, 5.74) is 6.67. The highest BCUT2D eigenvalue weighted by atomic mass is 16.3. The summed E-state index contributed by atoms with van der Waals surface area (Å²) in [6.45, 7) is 5.91. The number of rotatable bonds is 5. The molecule has 1 aromatic rings. The van der Waals surface area contributed by atoms with Crippen LogP contribution in [0.4, 0.5) is 5.69 Å². The molecule has 1 unspecified atom stereocenters. The highest BCUT2D eigenvalue weighted by Crippen LogP contribution is 2.20. The predicted octanol–water partition coefficient (Wildman–Crippen LogP) is 1.42. The summed E-state index contributed by atoms with van der Waals surface area (Å²) in [6.07, 6.45) is 1.46. The van der Waals surface area contributed by atoms with Crippen molar-refractivity contribution in [1.29, 1.82) is 0 Å². The topological polar surface area (TPSA) is 69.8 Å². The number of benzene rings is 1. The Labute approximate surface area is 126 Å². The molecular weight excluding hydrogens is 266 g/mol. The molecule has 1 heterocycles. The van der Waals surface area contributed by atoms with Crippen LogP contribution < -0.4 is 10.6 Å². The van der Waals surface area contributed by atoms with Crippen LogP contribution in [0.3, 0.4) is 0 Å². The number of aromatic hydroxyl groups is 1. The lowest BCUT2D eigenvalue weighted by atomic mass is 10.1. The van der Waals surface area contributed by atoms with E-state index >= 15 is 0 Å². The minimum atomic E-state index is 0.237. The van der Waals surface area contributed by atoms with Crippen LogP contribution in [0.5, 0.6) is 5.75 Å². The molecule has 116 valence electrons. The van der Waals surface area contributed by atoms with Gasteiger partial charge in [-0.05, 0) is 43.1 Å². The minimum absolute atomic E-state index is 0.237. The first-order valence-electron chi connectivity index (χ1n) is 7.62. The van der Waals surface area contributed by atoms with Crippen LogP contribution in [0, 0.1) is 5.92 Å². The molecule has 0 aliphatic carbocycles. The molecule has 5 heteroatoms. The van der Waals surface area contributed by atoms with Crippen LogP contribution in [-0.4, -0.2) is 48.6 Å². The van der Waals surface area contributed by atoms with E-state index in [1.54, 1.807) is 12.1 Å². The van der Waals surface area contributed by atoms with Crippen molar-refractivity contribution >= 4 is 11.6 Å². The zero-order valence-electron chi connectivity index (χ0n) is 12.7. The number of carbonyl (C=O) groups excluding carboxylic acids is 1. The van der Waals surface area contributed by atoms with Gasteiger partial charge in [0.1, 0.15) is 5.75 Å². The van der Waals surface area contributed by atoms with Crippen molar-refractivity contribution in [2.45, 2.75) is 19.8 Å². The number of nitrogens with two attached hydrogens (primary N) is 1. The Hall–Kier alpha value is -1.75. The van der Waals surface area contributed by atoms with E-state index in [1.807, 2.05) is 17.0 Å². The molecule has 1 fully saturated rings. The molecule has 1 saturated heterocycles. The molecule has 1 atom stereocenters. The van der Waals surface area contributed by atoms with Gasteiger partial charge in [-0.2, -0.15) is 0 Å². The summed E-state index contributed by atoms with van der Waals surface area (Å²) in [7, 11) is 0. The highest BCUT2D eigenvalue weighted by Gasteiger charge is 2.21. The van der Waals surface area contributed by atoms with Gasteiger partial charge in [0.2, 0.25) is 5.91 Å². The first-order valence-corrected chi connectivity index (χ1v) is 7.62. The largest absolute Gasteiger partial charge is 0.508 e. The Balaban J connectivity index is 1.80. The Morgan fingerprint density at radius 2 is 1.86 bits per heavy atom. The summed E-state index contributed by atoms with van der Waals surface area (Å²) in [5.74, 6) is 0.925. The van der Waals surface area contributed by atoms with Gasteiger partial charge in [-0.15, -0.1) is 0 Å². The van der Waals surface area contributed by atoms with Gasteiger partial charge in [-0.3, -0.25) is 4.79 Å². The second kappa shape index (κ2) is 7.31. The van der Waals surface area contributed by atoms with Crippen LogP contribution >= 0.6 is 0 Å². The van der Waals surface area contributed by atoms with Crippen LogP contribution in [0.15, 0.2) is 24.3 Å². The molecule has 1 aromatic carbocycles. The van der Waals surface area contributed by atoms with Crippen molar-refractivity contribution in [3.05, 3.63) is 24.3 Å². The zero-order valence-corrected chi connectivity index (χ0v) is 12.7. The Kier molecular flexibility index (Phi) is 5.44. The van der Waals surface area contributed by atoms with E-state index in [4.69, 9.17) is 5.73 Å². The lowest BCUT2D eigenvalue weighted by Crippen LogP contribution is -2.48. The van der Waals surface area contributed by atoms with Crippen molar-refractivity contribution in [2.24, 2.45) is 11.7 Å². The van der Waals surface area contributed by atoms with E-state index in [2.05, 4.69) is 11.8 Å². The molecular formula is C16H25N3O2. The van der Waals surface area contributed by atoms with Gasteiger partial charge in [0.15, 0.2) is 0 Å². The zero-order chi connectivity index (χ0) is 15.2. The summed E-state index contributed by atoms with van der Waals surface area (Å²) in [5, 5.41) is 9.31. The van der Waals surface area contributed by atoms with E-state index in [9.17, 15) is 9.90 Å². The number of piperazine rings is 1. The molecule has 2 rings (SSSR count). The van der Waals surface area contributed by atoms with E-state index in [0.717, 1.165) is 38.3 Å². The van der Waals surface area contributed by atoms with Crippen molar-refractivity contribution in [3.8, 4) is 5.75 Å². The van der Waals surface area contributed by atoms with Crippen molar-refractivity contribution < 1.29 is 9.90 Å². The fourth-order valence-electron chi connectivity index (χ4n) is 2.52. The number of carbonyl (C=O) groups is 1. The third-order valence-corrected chi connectivity index (χ3v) is 4.10. The summed E-state index contributed by atoms with van der Waals surface area (Å²) < 4.78 is 0. The first-order chi connectivity index (χ1) is 10.1. The standard InChI is InChI=1S/C16H25N3O2/c1-13(12-17)2-7-16(21)19-10-8-18(9-11-19)14-3-5-15(20)6-4-14/h3-6,13,20H,2,7-12,17H2,1H3. The molecule has 1 amide bonds. The fraction of sp³-hybridized carbons (Fsp3) is 0.562. The minimum Gasteiger partial charge on any atom is -0.508 e. The van der Waals surface area contributed by atoms with Crippen LogP contribution in [-0.2, 0) is 4.79 Å². The third-order valence-electron chi connectivity index (χ3n) is 4.10. The molecule has 3 N–H and O–H groups in total. The monoisotopic (exact) mass is 291 g/mol. The molecule has 0 bridgehead atoms. The number of phenolic OH excluding ortho intramolecular Hbond substituents is 1. The third kappa shape index (κ3) is 4.36.